The van der Waals surface area contributed by atoms with Crippen molar-refractivity contribution in [2.24, 2.45) is 5.92 Å². The van der Waals surface area contributed by atoms with E-state index in [0.717, 1.165) is 6.07 Å². The van der Waals surface area contributed by atoms with E-state index >= 15 is 0 Å². The lowest BCUT2D eigenvalue weighted by atomic mass is 9.99. The molecule has 2 amide bonds. The number of nitrogens with one attached hydrogen (secondary N) is 1. The predicted octanol–water partition coefficient (Wildman–Crippen LogP) is 0.893. The Labute approximate surface area is 174 Å². The average Bonchev–Trinajstić information content (AvgIpc) is 3.40. The summed E-state index contributed by atoms with van der Waals surface area (Å²) in [6, 6.07) is 8.71. The Morgan fingerprint density at radius 1 is 1.23 bits per heavy atom. The van der Waals surface area contributed by atoms with Crippen molar-refractivity contribution in [1.82, 2.24) is 20.0 Å². The second-order valence-corrected chi connectivity index (χ2v) is 6.85. The van der Waals surface area contributed by atoms with E-state index in [9.17, 15) is 24.5 Å². The fourth-order valence-electron chi connectivity index (χ4n) is 3.10. The molecule has 0 spiro atoms. The largest absolute Gasteiger partial charge is 0.463 e. The van der Waals surface area contributed by atoms with Gasteiger partial charge in [0.2, 0.25) is 5.91 Å². The van der Waals surface area contributed by atoms with E-state index in [-0.39, 0.29) is 43.4 Å². The molecule has 1 aliphatic heterocycles. The summed E-state index contributed by atoms with van der Waals surface area (Å²) in [6.07, 6.45) is 1.51. The van der Waals surface area contributed by atoms with E-state index in [0.29, 0.717) is 11.5 Å². The van der Waals surface area contributed by atoms with E-state index in [1.165, 1.54) is 28.0 Å². The smallest absolute Gasteiger partial charge is 0.433 e. The molecule has 160 valence electrons. The summed E-state index contributed by atoms with van der Waals surface area (Å²) < 4.78 is 11.4. The summed E-state index contributed by atoms with van der Waals surface area (Å²) in [4.78, 5) is 47.7. The molecule has 0 aliphatic carbocycles. The standard InChI is InChI=1S/C19H17N5O7/c25-16-5-3-13(14-2-1-9-30-14)21-23(16)8-7-20-18(26)12-10-22(11-12)19(27)15-4-6-17(31-15)24(28)29/h1-6,9,12H,7-8,10-11H2,(H,20,26). The van der Waals surface area contributed by atoms with Crippen LogP contribution in [-0.2, 0) is 11.3 Å². The van der Waals surface area contributed by atoms with Gasteiger partial charge < -0.3 is 19.1 Å². The quantitative estimate of drug-likeness (QED) is 0.431. The van der Waals surface area contributed by atoms with Crippen LogP contribution in [0.2, 0.25) is 0 Å². The molecule has 4 rings (SSSR count). The van der Waals surface area contributed by atoms with E-state index in [2.05, 4.69) is 10.4 Å². The van der Waals surface area contributed by atoms with Crippen molar-refractivity contribution in [2.75, 3.05) is 19.6 Å². The van der Waals surface area contributed by atoms with Gasteiger partial charge in [-0.1, -0.05) is 0 Å². The molecule has 1 saturated heterocycles. The summed E-state index contributed by atoms with van der Waals surface area (Å²) in [5, 5.41) is 17.6. The molecule has 0 radical (unpaired) electrons. The molecule has 0 bridgehead atoms. The van der Waals surface area contributed by atoms with Crippen LogP contribution in [-0.4, -0.2) is 51.1 Å². The number of nitrogens with zero attached hydrogens (tertiary/aromatic N) is 4. The highest BCUT2D eigenvalue weighted by molar-refractivity contribution is 5.94. The van der Waals surface area contributed by atoms with Crippen molar-refractivity contribution < 1.29 is 23.3 Å². The molecule has 31 heavy (non-hydrogen) atoms. The van der Waals surface area contributed by atoms with Crippen LogP contribution in [0.25, 0.3) is 11.5 Å². The molecule has 0 atom stereocenters. The highest BCUT2D eigenvalue weighted by Gasteiger charge is 2.37. The summed E-state index contributed by atoms with van der Waals surface area (Å²) >= 11 is 0. The number of furan rings is 2. The van der Waals surface area contributed by atoms with Crippen LogP contribution in [0.15, 0.2) is 56.3 Å². The Bertz CT molecular complexity index is 1170. The number of aromatic nitrogens is 2. The lowest BCUT2D eigenvalue weighted by molar-refractivity contribution is -0.402. The van der Waals surface area contributed by atoms with Gasteiger partial charge in [0, 0.05) is 25.7 Å². The Balaban J connectivity index is 1.26. The molecular weight excluding hydrogens is 410 g/mol. The maximum atomic E-state index is 12.3. The molecule has 3 aromatic heterocycles. The van der Waals surface area contributed by atoms with Gasteiger partial charge in [0.05, 0.1) is 24.8 Å². The number of amides is 2. The molecule has 1 N–H and O–H groups in total. The van der Waals surface area contributed by atoms with Gasteiger partial charge in [-0.3, -0.25) is 24.5 Å². The molecule has 1 aliphatic rings. The number of rotatable bonds is 7. The average molecular weight is 427 g/mol. The summed E-state index contributed by atoms with van der Waals surface area (Å²) in [6.45, 7) is 0.698. The van der Waals surface area contributed by atoms with Crippen molar-refractivity contribution in [3.8, 4) is 11.5 Å². The van der Waals surface area contributed by atoms with Crippen molar-refractivity contribution in [3.05, 3.63) is 68.9 Å². The van der Waals surface area contributed by atoms with Crippen LogP contribution in [0.3, 0.4) is 0 Å². The minimum atomic E-state index is -0.729. The van der Waals surface area contributed by atoms with E-state index in [1.807, 2.05) is 0 Å². The van der Waals surface area contributed by atoms with Crippen molar-refractivity contribution in [3.63, 3.8) is 0 Å². The van der Waals surface area contributed by atoms with E-state index in [1.54, 1.807) is 18.2 Å². The number of carbonyl (C=O) groups is 2. The van der Waals surface area contributed by atoms with E-state index in [4.69, 9.17) is 8.83 Å². The molecule has 0 saturated carbocycles. The monoisotopic (exact) mass is 427 g/mol. The van der Waals surface area contributed by atoms with Gasteiger partial charge in [0.1, 0.15) is 10.6 Å². The molecule has 12 nitrogen and oxygen atoms in total. The van der Waals surface area contributed by atoms with Gasteiger partial charge in [-0.2, -0.15) is 5.10 Å². The zero-order chi connectivity index (χ0) is 22.0. The number of carbonyl (C=O) groups excluding carboxylic acids is 2. The number of hydrogen-bond acceptors (Lipinski definition) is 8. The lowest BCUT2D eigenvalue weighted by Gasteiger charge is -2.37. The zero-order valence-electron chi connectivity index (χ0n) is 16.1. The molecule has 3 aromatic rings. The van der Waals surface area contributed by atoms with Crippen LogP contribution < -0.4 is 10.9 Å². The number of hydrogen-bond donors (Lipinski definition) is 1. The Kier molecular flexibility index (Phi) is 5.35. The van der Waals surface area contributed by atoms with Crippen molar-refractivity contribution >= 4 is 17.7 Å². The first-order valence-corrected chi connectivity index (χ1v) is 9.35. The third kappa shape index (κ3) is 4.22. The number of likely N-dealkylation sites (tertiary alicyclic amines) is 1. The fraction of sp³-hybridized carbons (Fsp3) is 0.263. The minimum Gasteiger partial charge on any atom is -0.463 e. The second kappa shape index (κ2) is 8.26. The summed E-state index contributed by atoms with van der Waals surface area (Å²) in [5.74, 6) is -1.31. The Morgan fingerprint density at radius 2 is 2.03 bits per heavy atom. The topological polar surface area (TPSA) is 154 Å². The maximum Gasteiger partial charge on any atom is 0.433 e. The first kappa shape index (κ1) is 20.1. The third-order valence-electron chi connectivity index (χ3n) is 4.79. The molecule has 0 unspecified atom stereocenters. The SMILES string of the molecule is O=C(NCCn1nc(-c2ccco2)ccc1=O)C1CN(C(=O)c2ccc([N+](=O)[O-])o2)C1. The Hall–Kier alpha value is -4.22. The Morgan fingerprint density at radius 3 is 2.71 bits per heavy atom. The minimum absolute atomic E-state index is 0.146. The predicted molar refractivity (Wildman–Crippen MR) is 104 cm³/mol. The number of nitro groups is 1. The van der Waals surface area contributed by atoms with Gasteiger partial charge in [0.25, 0.3) is 11.5 Å². The highest BCUT2D eigenvalue weighted by Crippen LogP contribution is 2.22. The van der Waals surface area contributed by atoms with Crippen molar-refractivity contribution in [2.45, 2.75) is 6.54 Å². The molecule has 1 fully saturated rings. The van der Waals surface area contributed by atoms with Crippen LogP contribution in [0.1, 0.15) is 10.6 Å². The van der Waals surface area contributed by atoms with Gasteiger partial charge >= 0.3 is 5.88 Å². The van der Waals surface area contributed by atoms with E-state index < -0.39 is 22.6 Å². The molecule has 0 aromatic carbocycles. The first-order chi connectivity index (χ1) is 14.9. The maximum absolute atomic E-state index is 12.3. The normalized spacial score (nSPS) is 13.6. The van der Waals surface area contributed by atoms with Crippen molar-refractivity contribution in [1.29, 1.82) is 0 Å². The zero-order valence-corrected chi connectivity index (χ0v) is 16.1. The van der Waals surface area contributed by atoms with Gasteiger partial charge in [-0.25, -0.2) is 4.68 Å². The highest BCUT2D eigenvalue weighted by atomic mass is 16.6. The second-order valence-electron chi connectivity index (χ2n) is 6.85. The van der Waals surface area contributed by atoms with Crippen LogP contribution in [0.4, 0.5) is 5.88 Å². The summed E-state index contributed by atoms with van der Waals surface area (Å²) in [7, 11) is 0. The first-order valence-electron chi connectivity index (χ1n) is 9.35. The van der Waals surface area contributed by atoms with Gasteiger partial charge in [-0.15, -0.1) is 0 Å². The van der Waals surface area contributed by atoms with Gasteiger partial charge in [-0.05, 0) is 24.3 Å². The van der Waals surface area contributed by atoms with Crippen LogP contribution >= 0.6 is 0 Å². The molecule has 4 heterocycles. The van der Waals surface area contributed by atoms with Crippen LogP contribution in [0, 0.1) is 16.0 Å². The summed E-state index contributed by atoms with van der Waals surface area (Å²) in [5.41, 5.74) is 0.194. The van der Waals surface area contributed by atoms with Crippen LogP contribution in [0.5, 0.6) is 0 Å². The molecule has 12 heteroatoms. The van der Waals surface area contributed by atoms with Gasteiger partial charge in [0.15, 0.2) is 11.5 Å². The third-order valence-corrected chi connectivity index (χ3v) is 4.79. The fourth-order valence-corrected chi connectivity index (χ4v) is 3.10. The lowest BCUT2D eigenvalue weighted by Crippen LogP contribution is -2.56. The molecular formula is C19H17N5O7.